The molecule has 3 nitrogen and oxygen atoms in total. The van der Waals surface area contributed by atoms with E-state index in [-0.39, 0.29) is 11.9 Å². The molecule has 1 aromatic heterocycles. The number of nitrogens with zero attached hydrogens (tertiary/aromatic N) is 2. The van der Waals surface area contributed by atoms with Crippen LogP contribution in [0, 0.1) is 17.1 Å². The normalized spacial score (nSPS) is 11.5. The van der Waals surface area contributed by atoms with E-state index in [0.717, 1.165) is 11.1 Å². The van der Waals surface area contributed by atoms with E-state index in [4.69, 9.17) is 0 Å². The van der Waals surface area contributed by atoms with Gasteiger partial charge in [-0.15, -0.1) is 0 Å². The van der Waals surface area contributed by atoms with Gasteiger partial charge < -0.3 is 5.32 Å². The van der Waals surface area contributed by atoms with E-state index < -0.39 is 0 Å². The van der Waals surface area contributed by atoms with E-state index in [2.05, 4.69) is 16.4 Å². The molecule has 0 aliphatic carbocycles. The molecule has 2 aromatic carbocycles. The SMILES string of the molecule is N#Cc1cccnc1NC(c1ccccc1)c1cccc(F)c1. The van der Waals surface area contributed by atoms with Crippen molar-refractivity contribution in [2.24, 2.45) is 0 Å². The molecule has 3 rings (SSSR count). The fraction of sp³-hybridized carbons (Fsp3) is 0.0526. The highest BCUT2D eigenvalue weighted by Gasteiger charge is 2.16. The zero-order valence-corrected chi connectivity index (χ0v) is 12.3. The first-order valence-electron chi connectivity index (χ1n) is 7.20. The van der Waals surface area contributed by atoms with Crippen LogP contribution in [0.2, 0.25) is 0 Å². The zero-order valence-electron chi connectivity index (χ0n) is 12.3. The third-order valence-electron chi connectivity index (χ3n) is 3.52. The largest absolute Gasteiger partial charge is 0.358 e. The average molecular weight is 303 g/mol. The number of benzene rings is 2. The Kier molecular flexibility index (Phi) is 4.30. The first kappa shape index (κ1) is 14.7. The Morgan fingerprint density at radius 1 is 0.957 bits per heavy atom. The van der Waals surface area contributed by atoms with Crippen LogP contribution in [0.25, 0.3) is 0 Å². The second-order valence-corrected chi connectivity index (χ2v) is 5.05. The molecule has 0 saturated carbocycles. The Bertz CT molecular complexity index is 840. The summed E-state index contributed by atoms with van der Waals surface area (Å²) in [6, 6.07) is 21.3. The zero-order chi connectivity index (χ0) is 16.1. The van der Waals surface area contributed by atoms with Crippen molar-refractivity contribution in [1.82, 2.24) is 4.98 Å². The molecule has 0 radical (unpaired) electrons. The maximum absolute atomic E-state index is 13.6. The molecule has 0 aliphatic heterocycles. The van der Waals surface area contributed by atoms with Gasteiger partial charge in [-0.3, -0.25) is 0 Å². The summed E-state index contributed by atoms with van der Waals surface area (Å²) in [6.07, 6.45) is 1.62. The van der Waals surface area contributed by atoms with Gasteiger partial charge >= 0.3 is 0 Å². The molecule has 112 valence electrons. The van der Waals surface area contributed by atoms with Crippen LogP contribution < -0.4 is 5.32 Å². The molecule has 0 saturated heterocycles. The van der Waals surface area contributed by atoms with E-state index in [1.165, 1.54) is 12.1 Å². The van der Waals surface area contributed by atoms with Gasteiger partial charge in [0.25, 0.3) is 0 Å². The predicted molar refractivity (Wildman–Crippen MR) is 87.3 cm³/mol. The molecule has 4 heteroatoms. The Balaban J connectivity index is 2.04. The highest BCUT2D eigenvalue weighted by atomic mass is 19.1. The number of hydrogen-bond acceptors (Lipinski definition) is 3. The van der Waals surface area contributed by atoms with Crippen LogP contribution >= 0.6 is 0 Å². The molecule has 0 bridgehead atoms. The minimum Gasteiger partial charge on any atom is -0.358 e. The second-order valence-electron chi connectivity index (χ2n) is 5.05. The lowest BCUT2D eigenvalue weighted by Gasteiger charge is -2.21. The van der Waals surface area contributed by atoms with Crippen molar-refractivity contribution in [1.29, 1.82) is 5.26 Å². The van der Waals surface area contributed by atoms with Gasteiger partial charge in [0.2, 0.25) is 0 Å². The van der Waals surface area contributed by atoms with Crippen LogP contribution in [0.15, 0.2) is 72.9 Å². The van der Waals surface area contributed by atoms with Crippen LogP contribution in [0.1, 0.15) is 22.7 Å². The third kappa shape index (κ3) is 3.35. The molecule has 1 heterocycles. The number of nitrogens with one attached hydrogen (secondary N) is 1. The summed E-state index contributed by atoms with van der Waals surface area (Å²) in [5.41, 5.74) is 2.18. The van der Waals surface area contributed by atoms with Crippen molar-refractivity contribution in [3.8, 4) is 6.07 Å². The smallest absolute Gasteiger partial charge is 0.144 e. The van der Waals surface area contributed by atoms with Crippen molar-refractivity contribution in [3.05, 3.63) is 95.4 Å². The molecule has 0 aliphatic rings. The average Bonchev–Trinajstić information content (AvgIpc) is 2.60. The van der Waals surface area contributed by atoms with Crippen molar-refractivity contribution in [2.75, 3.05) is 5.32 Å². The molecule has 0 spiro atoms. The number of aromatic nitrogens is 1. The standard InChI is InChI=1S/C19H14FN3/c20-17-10-4-8-15(12-17)18(14-6-2-1-3-7-14)23-19-16(13-21)9-5-11-22-19/h1-12,18H,(H,22,23). The monoisotopic (exact) mass is 303 g/mol. The number of hydrogen-bond donors (Lipinski definition) is 1. The van der Waals surface area contributed by atoms with E-state index >= 15 is 0 Å². The summed E-state index contributed by atoms with van der Waals surface area (Å²) in [5, 5.41) is 12.5. The van der Waals surface area contributed by atoms with Crippen molar-refractivity contribution < 1.29 is 4.39 Å². The van der Waals surface area contributed by atoms with Gasteiger partial charge in [-0.1, -0.05) is 42.5 Å². The maximum Gasteiger partial charge on any atom is 0.144 e. The number of pyridine rings is 1. The van der Waals surface area contributed by atoms with Crippen molar-refractivity contribution in [3.63, 3.8) is 0 Å². The number of halogens is 1. The summed E-state index contributed by atoms with van der Waals surface area (Å²) < 4.78 is 13.6. The van der Waals surface area contributed by atoms with Crippen LogP contribution in [-0.2, 0) is 0 Å². The fourth-order valence-corrected chi connectivity index (χ4v) is 2.44. The predicted octanol–water partition coefficient (Wildman–Crippen LogP) is 4.29. The van der Waals surface area contributed by atoms with E-state index in [1.807, 2.05) is 36.4 Å². The lowest BCUT2D eigenvalue weighted by molar-refractivity contribution is 0.624. The molecule has 0 amide bonds. The summed E-state index contributed by atoms with van der Waals surface area (Å²) in [4.78, 5) is 4.24. The molecule has 1 atom stereocenters. The van der Waals surface area contributed by atoms with Gasteiger partial charge in [0.05, 0.1) is 11.6 Å². The first-order valence-corrected chi connectivity index (χ1v) is 7.20. The Morgan fingerprint density at radius 2 is 1.74 bits per heavy atom. The lowest BCUT2D eigenvalue weighted by atomic mass is 9.98. The van der Waals surface area contributed by atoms with Gasteiger partial charge in [-0.25, -0.2) is 9.37 Å². The topological polar surface area (TPSA) is 48.7 Å². The molecule has 23 heavy (non-hydrogen) atoms. The van der Waals surface area contributed by atoms with Crippen LogP contribution in [0.4, 0.5) is 10.2 Å². The first-order chi connectivity index (χ1) is 11.3. The van der Waals surface area contributed by atoms with Gasteiger partial charge in [-0.2, -0.15) is 5.26 Å². The minimum absolute atomic E-state index is 0.297. The summed E-state index contributed by atoms with van der Waals surface area (Å²) in [5.74, 6) is 0.180. The minimum atomic E-state index is -0.299. The number of rotatable bonds is 4. The highest BCUT2D eigenvalue weighted by Crippen LogP contribution is 2.27. The second kappa shape index (κ2) is 6.71. The van der Waals surface area contributed by atoms with Gasteiger partial charge in [0.1, 0.15) is 17.7 Å². The quantitative estimate of drug-likeness (QED) is 0.782. The van der Waals surface area contributed by atoms with Crippen LogP contribution in [0.5, 0.6) is 0 Å². The van der Waals surface area contributed by atoms with Gasteiger partial charge in [0.15, 0.2) is 0 Å². The summed E-state index contributed by atoms with van der Waals surface area (Å²) in [6.45, 7) is 0. The number of anilines is 1. The molecular weight excluding hydrogens is 289 g/mol. The maximum atomic E-state index is 13.6. The van der Waals surface area contributed by atoms with E-state index in [0.29, 0.717) is 11.4 Å². The molecule has 1 N–H and O–H groups in total. The van der Waals surface area contributed by atoms with E-state index in [1.54, 1.807) is 24.4 Å². The summed E-state index contributed by atoms with van der Waals surface area (Å²) >= 11 is 0. The Hall–Kier alpha value is -3.19. The molecule has 1 unspecified atom stereocenters. The lowest BCUT2D eigenvalue weighted by Crippen LogP contribution is -2.14. The molecular formula is C19H14FN3. The highest BCUT2D eigenvalue weighted by molar-refractivity contribution is 5.54. The molecule has 3 aromatic rings. The van der Waals surface area contributed by atoms with E-state index in [9.17, 15) is 9.65 Å². The fourth-order valence-electron chi connectivity index (χ4n) is 2.44. The third-order valence-corrected chi connectivity index (χ3v) is 3.52. The van der Waals surface area contributed by atoms with Crippen LogP contribution in [-0.4, -0.2) is 4.98 Å². The Morgan fingerprint density at radius 3 is 2.48 bits per heavy atom. The van der Waals surface area contributed by atoms with Crippen molar-refractivity contribution >= 4 is 5.82 Å². The van der Waals surface area contributed by atoms with Gasteiger partial charge in [-0.05, 0) is 35.4 Å². The van der Waals surface area contributed by atoms with Crippen LogP contribution in [0.3, 0.4) is 0 Å². The van der Waals surface area contributed by atoms with Crippen molar-refractivity contribution in [2.45, 2.75) is 6.04 Å². The Labute approximate surface area is 134 Å². The number of nitriles is 1. The molecule has 0 fully saturated rings. The van der Waals surface area contributed by atoms with Gasteiger partial charge in [0, 0.05) is 6.20 Å². The summed E-state index contributed by atoms with van der Waals surface area (Å²) in [7, 11) is 0.